The van der Waals surface area contributed by atoms with Gasteiger partial charge in [-0.1, -0.05) is 13.8 Å². The van der Waals surface area contributed by atoms with Gasteiger partial charge in [0.05, 0.1) is 6.54 Å². The van der Waals surface area contributed by atoms with Crippen molar-refractivity contribution in [1.29, 1.82) is 0 Å². The van der Waals surface area contributed by atoms with Crippen LogP contribution in [0.5, 0.6) is 0 Å². The van der Waals surface area contributed by atoms with E-state index < -0.39 is 0 Å². The third-order valence-corrected chi connectivity index (χ3v) is 2.54. The van der Waals surface area contributed by atoms with Gasteiger partial charge in [-0.05, 0) is 18.3 Å². The molecule has 1 rings (SSSR count). The van der Waals surface area contributed by atoms with E-state index in [0.29, 0.717) is 18.0 Å². The number of carbonyl (C=O) groups is 1. The van der Waals surface area contributed by atoms with E-state index in [1.165, 1.54) is 12.8 Å². The number of nitrogens with one attached hydrogen (secondary N) is 1. The molecule has 64 valence electrons. The van der Waals surface area contributed by atoms with Gasteiger partial charge in [-0.2, -0.15) is 0 Å². The second-order valence-corrected chi connectivity index (χ2v) is 3.93. The Morgan fingerprint density at radius 1 is 1.73 bits per heavy atom. The highest BCUT2D eigenvalue weighted by atomic mass is 16.1. The Bertz CT molecular complexity index is 165. The van der Waals surface area contributed by atoms with Gasteiger partial charge in [0.25, 0.3) is 0 Å². The maximum Gasteiger partial charge on any atom is 0.231 e. The lowest BCUT2D eigenvalue weighted by atomic mass is 9.67. The summed E-state index contributed by atoms with van der Waals surface area (Å²) < 4.78 is 0. The van der Waals surface area contributed by atoms with Crippen LogP contribution in [0.15, 0.2) is 0 Å². The topological polar surface area (TPSA) is 55.1 Å². The number of amides is 1. The van der Waals surface area contributed by atoms with Crippen molar-refractivity contribution in [2.24, 2.45) is 11.1 Å². The van der Waals surface area contributed by atoms with Crippen molar-refractivity contribution in [3.63, 3.8) is 0 Å². The fraction of sp³-hybridized carbons (Fsp3) is 0.875. The number of rotatable bonds is 3. The van der Waals surface area contributed by atoms with Crippen LogP contribution in [0.2, 0.25) is 0 Å². The van der Waals surface area contributed by atoms with E-state index in [9.17, 15) is 4.79 Å². The van der Waals surface area contributed by atoms with Crippen LogP contribution in [-0.4, -0.2) is 18.5 Å². The van der Waals surface area contributed by atoms with Crippen molar-refractivity contribution >= 4 is 5.91 Å². The summed E-state index contributed by atoms with van der Waals surface area (Å²) in [6.07, 6.45) is 2.41. The van der Waals surface area contributed by atoms with E-state index >= 15 is 0 Å². The molecular weight excluding hydrogens is 140 g/mol. The molecule has 3 nitrogen and oxygen atoms in total. The number of hydrogen-bond donors (Lipinski definition) is 2. The molecule has 0 aromatic heterocycles. The molecule has 0 aromatic rings. The van der Waals surface area contributed by atoms with Crippen LogP contribution >= 0.6 is 0 Å². The van der Waals surface area contributed by atoms with Crippen molar-refractivity contribution in [2.45, 2.75) is 32.7 Å². The van der Waals surface area contributed by atoms with Crippen molar-refractivity contribution in [1.82, 2.24) is 5.32 Å². The van der Waals surface area contributed by atoms with Gasteiger partial charge >= 0.3 is 0 Å². The summed E-state index contributed by atoms with van der Waals surface area (Å²) in [7, 11) is 0. The molecule has 0 bridgehead atoms. The maximum absolute atomic E-state index is 10.4. The molecule has 3 heteroatoms. The summed E-state index contributed by atoms with van der Waals surface area (Å²) in [4.78, 5) is 10.4. The summed E-state index contributed by atoms with van der Waals surface area (Å²) >= 11 is 0. The van der Waals surface area contributed by atoms with E-state index in [1.54, 1.807) is 0 Å². The number of nitrogens with two attached hydrogens (primary N) is 1. The van der Waals surface area contributed by atoms with Gasteiger partial charge in [-0.25, -0.2) is 0 Å². The first-order valence-corrected chi connectivity index (χ1v) is 4.04. The molecule has 1 aliphatic rings. The summed E-state index contributed by atoms with van der Waals surface area (Å²) in [6, 6.07) is 0.481. The van der Waals surface area contributed by atoms with E-state index in [-0.39, 0.29) is 5.91 Å². The fourth-order valence-electron chi connectivity index (χ4n) is 1.47. The second kappa shape index (κ2) is 2.81. The number of carbonyl (C=O) groups excluding carboxylic acids is 1. The molecule has 0 heterocycles. The Morgan fingerprint density at radius 3 is 2.64 bits per heavy atom. The first-order chi connectivity index (χ1) is 5.02. The number of primary amides is 1. The zero-order chi connectivity index (χ0) is 8.48. The predicted octanol–water partition coefficient (Wildman–Crippen LogP) is 0.250. The summed E-state index contributed by atoms with van der Waals surface area (Å²) in [5.41, 5.74) is 5.36. The summed E-state index contributed by atoms with van der Waals surface area (Å²) in [5.74, 6) is -0.271. The van der Waals surface area contributed by atoms with Gasteiger partial charge in [-0.15, -0.1) is 0 Å². The van der Waals surface area contributed by atoms with Gasteiger partial charge < -0.3 is 11.1 Å². The van der Waals surface area contributed by atoms with Crippen molar-refractivity contribution in [2.75, 3.05) is 6.54 Å². The zero-order valence-corrected chi connectivity index (χ0v) is 7.18. The van der Waals surface area contributed by atoms with Crippen molar-refractivity contribution < 1.29 is 4.79 Å². The lowest BCUT2D eigenvalue weighted by Crippen LogP contribution is -2.52. The standard InChI is InChI=1S/C8H16N2O/c1-8(2)4-3-6(8)10-5-7(9)11/h6,10H,3-5H2,1-2H3,(H2,9,11). The maximum atomic E-state index is 10.4. The molecule has 0 spiro atoms. The van der Waals surface area contributed by atoms with E-state index in [0.717, 1.165) is 0 Å². The Balaban J connectivity index is 2.23. The highest BCUT2D eigenvalue weighted by Crippen LogP contribution is 2.39. The number of hydrogen-bond acceptors (Lipinski definition) is 2. The Morgan fingerprint density at radius 2 is 2.36 bits per heavy atom. The van der Waals surface area contributed by atoms with Gasteiger partial charge in [0, 0.05) is 6.04 Å². The molecule has 1 aliphatic carbocycles. The van der Waals surface area contributed by atoms with Crippen LogP contribution in [0.4, 0.5) is 0 Å². The van der Waals surface area contributed by atoms with Crippen LogP contribution in [0.3, 0.4) is 0 Å². The zero-order valence-electron chi connectivity index (χ0n) is 7.18. The average Bonchev–Trinajstić information content (AvgIpc) is 1.85. The first kappa shape index (κ1) is 8.53. The van der Waals surface area contributed by atoms with Gasteiger partial charge in [0.2, 0.25) is 5.91 Å². The summed E-state index contributed by atoms with van der Waals surface area (Å²) in [6.45, 7) is 4.72. The van der Waals surface area contributed by atoms with Gasteiger partial charge in [0.15, 0.2) is 0 Å². The van der Waals surface area contributed by atoms with Crippen LogP contribution in [0, 0.1) is 5.41 Å². The molecule has 0 aliphatic heterocycles. The van der Waals surface area contributed by atoms with E-state index in [1.807, 2.05) is 0 Å². The predicted molar refractivity (Wildman–Crippen MR) is 44.0 cm³/mol. The molecule has 0 saturated heterocycles. The third-order valence-electron chi connectivity index (χ3n) is 2.54. The van der Waals surface area contributed by atoms with E-state index in [2.05, 4.69) is 19.2 Å². The average molecular weight is 156 g/mol. The SMILES string of the molecule is CC1(C)CCC1NCC(N)=O. The molecule has 1 amide bonds. The Kier molecular flexibility index (Phi) is 2.18. The van der Waals surface area contributed by atoms with Crippen LogP contribution in [0.25, 0.3) is 0 Å². The first-order valence-electron chi connectivity index (χ1n) is 4.04. The second-order valence-electron chi connectivity index (χ2n) is 3.93. The molecule has 3 N–H and O–H groups in total. The lowest BCUT2D eigenvalue weighted by Gasteiger charge is -2.44. The largest absolute Gasteiger partial charge is 0.369 e. The Labute approximate surface area is 67.3 Å². The molecule has 0 aromatic carbocycles. The van der Waals surface area contributed by atoms with E-state index in [4.69, 9.17) is 5.73 Å². The van der Waals surface area contributed by atoms with Gasteiger partial charge in [-0.3, -0.25) is 4.79 Å². The monoisotopic (exact) mass is 156 g/mol. The molecule has 0 radical (unpaired) electrons. The molecule has 1 atom stereocenters. The fourth-order valence-corrected chi connectivity index (χ4v) is 1.47. The smallest absolute Gasteiger partial charge is 0.231 e. The third kappa shape index (κ3) is 1.93. The normalized spacial score (nSPS) is 27.6. The summed E-state index contributed by atoms with van der Waals surface area (Å²) in [5, 5.41) is 3.13. The highest BCUT2D eigenvalue weighted by molar-refractivity contribution is 5.75. The molecule has 1 unspecified atom stereocenters. The minimum Gasteiger partial charge on any atom is -0.369 e. The van der Waals surface area contributed by atoms with Crippen LogP contribution < -0.4 is 11.1 Å². The molecule has 1 fully saturated rings. The quantitative estimate of drug-likeness (QED) is 0.615. The van der Waals surface area contributed by atoms with Crippen LogP contribution in [0.1, 0.15) is 26.7 Å². The lowest BCUT2D eigenvalue weighted by molar-refractivity contribution is -0.117. The highest BCUT2D eigenvalue weighted by Gasteiger charge is 2.37. The molecule has 11 heavy (non-hydrogen) atoms. The van der Waals surface area contributed by atoms with Gasteiger partial charge in [0.1, 0.15) is 0 Å². The van der Waals surface area contributed by atoms with Crippen molar-refractivity contribution in [3.05, 3.63) is 0 Å². The molecule has 1 saturated carbocycles. The van der Waals surface area contributed by atoms with Crippen LogP contribution in [-0.2, 0) is 4.79 Å². The minimum atomic E-state index is -0.271. The van der Waals surface area contributed by atoms with Crippen molar-refractivity contribution in [3.8, 4) is 0 Å². The minimum absolute atomic E-state index is 0.271. The molecular formula is C8H16N2O. The Hall–Kier alpha value is -0.570.